The Morgan fingerprint density at radius 3 is 2.47 bits per heavy atom. The molecule has 3 N–H and O–H groups in total. The van der Waals surface area contributed by atoms with Crippen LogP contribution in [0.1, 0.15) is 36.6 Å². The van der Waals surface area contributed by atoms with Crippen molar-refractivity contribution < 1.29 is 10.2 Å². The molecule has 0 aliphatic carbocycles. The lowest BCUT2D eigenvalue weighted by atomic mass is 10.0. The van der Waals surface area contributed by atoms with Crippen LogP contribution >= 0.6 is 0 Å². The summed E-state index contributed by atoms with van der Waals surface area (Å²) < 4.78 is 0. The Balaban J connectivity index is 2.64. The molecule has 0 aliphatic heterocycles. The molecule has 1 rings (SSSR count). The summed E-state index contributed by atoms with van der Waals surface area (Å²) in [6.07, 6.45) is 0. The van der Waals surface area contributed by atoms with E-state index in [9.17, 15) is 5.11 Å². The van der Waals surface area contributed by atoms with Gasteiger partial charge in [0.1, 0.15) is 0 Å². The van der Waals surface area contributed by atoms with E-state index in [1.807, 2.05) is 0 Å². The first-order valence-electron chi connectivity index (χ1n) is 5.99. The first-order chi connectivity index (χ1) is 7.85. The van der Waals surface area contributed by atoms with Crippen LogP contribution in [0.25, 0.3) is 0 Å². The predicted octanol–water partition coefficient (Wildman–Crippen LogP) is 1.70. The molecule has 0 radical (unpaired) electrons. The van der Waals surface area contributed by atoms with Crippen LogP contribution in [0.2, 0.25) is 0 Å². The summed E-state index contributed by atoms with van der Waals surface area (Å²) in [7, 11) is 0. The predicted molar refractivity (Wildman–Crippen MR) is 70.0 cm³/mol. The molecule has 0 saturated carbocycles. The maximum absolute atomic E-state index is 9.71. The van der Waals surface area contributed by atoms with Crippen LogP contribution in [0.15, 0.2) is 18.2 Å². The fraction of sp³-hybridized carbons (Fsp3) is 0.571. The summed E-state index contributed by atoms with van der Waals surface area (Å²) >= 11 is 0. The molecule has 2 atom stereocenters. The maximum Gasteiger partial charge on any atom is 0.0973 e. The zero-order valence-corrected chi connectivity index (χ0v) is 11.1. The van der Waals surface area contributed by atoms with E-state index in [1.165, 1.54) is 16.7 Å². The van der Waals surface area contributed by atoms with E-state index in [4.69, 9.17) is 5.11 Å². The number of hydrogen-bond donors (Lipinski definition) is 3. The van der Waals surface area contributed by atoms with Crippen LogP contribution in [0.4, 0.5) is 0 Å². The van der Waals surface area contributed by atoms with Gasteiger partial charge in [0.2, 0.25) is 0 Å². The van der Waals surface area contributed by atoms with Crippen molar-refractivity contribution in [1.29, 1.82) is 0 Å². The summed E-state index contributed by atoms with van der Waals surface area (Å²) in [6, 6.07) is 6.51. The van der Waals surface area contributed by atoms with Crippen LogP contribution in [-0.2, 0) is 0 Å². The third-order valence-electron chi connectivity index (χ3n) is 3.16. The van der Waals surface area contributed by atoms with Gasteiger partial charge in [0.25, 0.3) is 0 Å². The molecule has 3 nitrogen and oxygen atoms in total. The van der Waals surface area contributed by atoms with E-state index in [2.05, 4.69) is 44.3 Å². The lowest BCUT2D eigenvalue weighted by molar-refractivity contribution is 0.00106. The van der Waals surface area contributed by atoms with E-state index < -0.39 is 5.60 Å². The first kappa shape index (κ1) is 14.2. The molecule has 1 aromatic carbocycles. The van der Waals surface area contributed by atoms with E-state index in [0.717, 1.165) is 0 Å². The number of aliphatic hydroxyl groups excluding tert-OH is 1. The molecule has 17 heavy (non-hydrogen) atoms. The van der Waals surface area contributed by atoms with E-state index in [-0.39, 0.29) is 12.6 Å². The van der Waals surface area contributed by atoms with E-state index in [1.54, 1.807) is 6.92 Å². The Morgan fingerprint density at radius 1 is 1.29 bits per heavy atom. The Labute approximate surface area is 103 Å². The molecule has 0 bridgehead atoms. The summed E-state index contributed by atoms with van der Waals surface area (Å²) in [5.74, 6) is 0. The lowest BCUT2D eigenvalue weighted by Crippen LogP contribution is -2.41. The quantitative estimate of drug-likeness (QED) is 0.730. The van der Waals surface area contributed by atoms with Gasteiger partial charge in [-0.05, 0) is 44.4 Å². The first-order valence-corrected chi connectivity index (χ1v) is 5.99. The second kappa shape index (κ2) is 5.63. The number of aryl methyl sites for hydroxylation is 2. The second-order valence-electron chi connectivity index (χ2n) is 5.10. The molecule has 0 heterocycles. The Kier molecular flexibility index (Phi) is 4.69. The van der Waals surface area contributed by atoms with Gasteiger partial charge in [-0.2, -0.15) is 0 Å². The minimum absolute atomic E-state index is 0.160. The molecule has 0 fully saturated rings. The highest BCUT2D eigenvalue weighted by atomic mass is 16.3. The molecule has 0 aromatic heterocycles. The van der Waals surface area contributed by atoms with E-state index in [0.29, 0.717) is 6.54 Å². The average Bonchev–Trinajstić information content (AvgIpc) is 2.30. The molecule has 2 unspecified atom stereocenters. The number of rotatable bonds is 5. The third-order valence-corrected chi connectivity index (χ3v) is 3.16. The summed E-state index contributed by atoms with van der Waals surface area (Å²) in [5.41, 5.74) is 2.68. The van der Waals surface area contributed by atoms with Gasteiger partial charge in [-0.1, -0.05) is 18.2 Å². The third kappa shape index (κ3) is 4.11. The van der Waals surface area contributed by atoms with Crippen molar-refractivity contribution >= 4 is 0 Å². The number of hydrogen-bond acceptors (Lipinski definition) is 3. The molecular formula is C14H23NO2. The van der Waals surface area contributed by atoms with Gasteiger partial charge in [0.05, 0.1) is 12.2 Å². The monoisotopic (exact) mass is 237 g/mol. The highest BCUT2D eigenvalue weighted by molar-refractivity contribution is 5.31. The van der Waals surface area contributed by atoms with Crippen molar-refractivity contribution in [2.45, 2.75) is 39.3 Å². The molecule has 96 valence electrons. The van der Waals surface area contributed by atoms with Crippen LogP contribution < -0.4 is 5.32 Å². The molecule has 1 aromatic rings. The zero-order valence-electron chi connectivity index (χ0n) is 11.1. The zero-order chi connectivity index (χ0) is 13.1. The fourth-order valence-electron chi connectivity index (χ4n) is 1.58. The molecule has 0 spiro atoms. The van der Waals surface area contributed by atoms with Gasteiger partial charge in [-0.25, -0.2) is 0 Å². The van der Waals surface area contributed by atoms with E-state index >= 15 is 0 Å². The summed E-state index contributed by atoms with van der Waals surface area (Å²) in [4.78, 5) is 0. The normalized spacial score (nSPS) is 16.6. The topological polar surface area (TPSA) is 52.5 Å². The standard InChI is InChI=1S/C14H23NO2/c1-10-5-6-13(7-11(10)2)12(3)15-8-14(4,17)9-16/h5-7,12,15-17H,8-9H2,1-4H3. The van der Waals surface area contributed by atoms with Gasteiger partial charge in [0.15, 0.2) is 0 Å². The highest BCUT2D eigenvalue weighted by Gasteiger charge is 2.19. The minimum Gasteiger partial charge on any atom is -0.393 e. The largest absolute Gasteiger partial charge is 0.393 e. The van der Waals surface area contributed by atoms with Crippen molar-refractivity contribution in [1.82, 2.24) is 5.32 Å². The summed E-state index contributed by atoms with van der Waals surface area (Å²) in [6.45, 7) is 7.99. The van der Waals surface area contributed by atoms with Gasteiger partial charge >= 0.3 is 0 Å². The molecule has 0 saturated heterocycles. The van der Waals surface area contributed by atoms with Crippen LogP contribution in [0.5, 0.6) is 0 Å². The molecule has 0 aliphatic rings. The van der Waals surface area contributed by atoms with Gasteiger partial charge in [0, 0.05) is 12.6 Å². The lowest BCUT2D eigenvalue weighted by Gasteiger charge is -2.24. The van der Waals surface area contributed by atoms with Crippen molar-refractivity contribution in [3.8, 4) is 0 Å². The second-order valence-corrected chi connectivity index (χ2v) is 5.10. The SMILES string of the molecule is Cc1ccc(C(C)NCC(C)(O)CO)cc1C. The van der Waals surface area contributed by atoms with Crippen LogP contribution in [-0.4, -0.2) is 29.0 Å². The smallest absolute Gasteiger partial charge is 0.0973 e. The molecule has 3 heteroatoms. The number of aliphatic hydroxyl groups is 2. The van der Waals surface area contributed by atoms with Crippen molar-refractivity contribution in [3.05, 3.63) is 34.9 Å². The Morgan fingerprint density at radius 2 is 1.94 bits per heavy atom. The minimum atomic E-state index is -1.06. The van der Waals surface area contributed by atoms with Gasteiger partial charge in [-0.15, -0.1) is 0 Å². The molecule has 0 amide bonds. The van der Waals surface area contributed by atoms with Crippen LogP contribution in [0.3, 0.4) is 0 Å². The van der Waals surface area contributed by atoms with Crippen molar-refractivity contribution in [3.63, 3.8) is 0 Å². The highest BCUT2D eigenvalue weighted by Crippen LogP contribution is 2.17. The number of benzene rings is 1. The summed E-state index contributed by atoms with van der Waals surface area (Å²) in [5, 5.41) is 21.9. The number of nitrogens with one attached hydrogen (secondary N) is 1. The van der Waals surface area contributed by atoms with Crippen molar-refractivity contribution in [2.24, 2.45) is 0 Å². The van der Waals surface area contributed by atoms with Crippen molar-refractivity contribution in [2.75, 3.05) is 13.2 Å². The Bertz CT molecular complexity index is 374. The van der Waals surface area contributed by atoms with Crippen LogP contribution in [0, 0.1) is 13.8 Å². The van der Waals surface area contributed by atoms with Gasteiger partial charge < -0.3 is 15.5 Å². The Hall–Kier alpha value is -0.900. The molecular weight excluding hydrogens is 214 g/mol. The van der Waals surface area contributed by atoms with Gasteiger partial charge in [-0.3, -0.25) is 0 Å². The fourth-order valence-corrected chi connectivity index (χ4v) is 1.58. The average molecular weight is 237 g/mol. The maximum atomic E-state index is 9.71.